The molecule has 5 heteroatoms. The molecule has 1 aliphatic heterocycles. The number of carbonyl (C=O) groups is 1. The van der Waals surface area contributed by atoms with E-state index in [1.807, 2.05) is 6.92 Å². The normalized spacial score (nSPS) is 17.9. The van der Waals surface area contributed by atoms with E-state index in [2.05, 4.69) is 69.9 Å². The number of benzene rings is 1. The van der Waals surface area contributed by atoms with Crippen molar-refractivity contribution in [2.45, 2.75) is 32.4 Å². The first-order valence-electron chi connectivity index (χ1n) is 9.06. The van der Waals surface area contributed by atoms with Gasteiger partial charge in [0.25, 0.3) is 0 Å². The van der Waals surface area contributed by atoms with Crippen LogP contribution in [0, 0.1) is 0 Å². The molecule has 1 aromatic heterocycles. The molecule has 2 heterocycles. The summed E-state index contributed by atoms with van der Waals surface area (Å²) in [6.45, 7) is 8.07. The van der Waals surface area contributed by atoms with Gasteiger partial charge in [0, 0.05) is 49.2 Å². The van der Waals surface area contributed by atoms with Gasteiger partial charge in [0.2, 0.25) is 5.91 Å². The van der Waals surface area contributed by atoms with Crippen LogP contribution in [0.15, 0.2) is 47.8 Å². The number of amides is 1. The van der Waals surface area contributed by atoms with Gasteiger partial charge in [-0.3, -0.25) is 9.69 Å². The van der Waals surface area contributed by atoms with E-state index >= 15 is 0 Å². The van der Waals surface area contributed by atoms with Crippen LogP contribution in [0.4, 0.5) is 5.69 Å². The average molecular weight is 358 g/mol. The first-order chi connectivity index (χ1) is 12.2. The number of nitrogens with zero attached hydrogens (tertiary/aromatic N) is 2. The van der Waals surface area contributed by atoms with Gasteiger partial charge in [0.1, 0.15) is 0 Å². The zero-order chi connectivity index (χ0) is 17.6. The van der Waals surface area contributed by atoms with E-state index in [0.29, 0.717) is 6.42 Å². The monoisotopic (exact) mass is 357 g/mol. The predicted molar refractivity (Wildman–Crippen MR) is 105 cm³/mol. The van der Waals surface area contributed by atoms with Crippen LogP contribution in [-0.2, 0) is 4.79 Å². The molecule has 25 heavy (non-hydrogen) atoms. The summed E-state index contributed by atoms with van der Waals surface area (Å²) < 4.78 is 0. The van der Waals surface area contributed by atoms with E-state index in [0.717, 1.165) is 26.2 Å². The summed E-state index contributed by atoms with van der Waals surface area (Å²) in [4.78, 5) is 18.2. The van der Waals surface area contributed by atoms with E-state index < -0.39 is 0 Å². The van der Waals surface area contributed by atoms with Crippen molar-refractivity contribution in [3.63, 3.8) is 0 Å². The molecule has 1 aliphatic rings. The standard InChI is InChI=1S/C20H27N3OS/c1-3-19(24)21-16(2)20(18-10-7-15-25-18)23-13-11-22(12-14-23)17-8-5-4-6-9-17/h4-10,15-16,20H,3,11-14H2,1-2H3,(H,21,24)/t16-,20-/m0/s1. The molecule has 0 saturated carbocycles. The first-order valence-corrected chi connectivity index (χ1v) is 9.94. The summed E-state index contributed by atoms with van der Waals surface area (Å²) in [5.74, 6) is 0.122. The lowest BCUT2D eigenvalue weighted by Gasteiger charge is -2.42. The Morgan fingerprint density at radius 3 is 2.44 bits per heavy atom. The average Bonchev–Trinajstić information content (AvgIpc) is 3.17. The zero-order valence-electron chi connectivity index (χ0n) is 15.0. The summed E-state index contributed by atoms with van der Waals surface area (Å²) in [5, 5.41) is 5.29. The quantitative estimate of drug-likeness (QED) is 0.859. The van der Waals surface area contributed by atoms with Crippen molar-refractivity contribution in [2.24, 2.45) is 0 Å². The molecular formula is C20H27N3OS. The second-order valence-electron chi connectivity index (χ2n) is 6.53. The Morgan fingerprint density at radius 2 is 1.84 bits per heavy atom. The number of nitrogens with one attached hydrogen (secondary N) is 1. The third-order valence-electron chi connectivity index (χ3n) is 4.85. The molecule has 1 N–H and O–H groups in total. The molecule has 2 atom stereocenters. The number of para-hydroxylation sites is 1. The summed E-state index contributed by atoms with van der Waals surface area (Å²) in [7, 11) is 0. The highest BCUT2D eigenvalue weighted by Gasteiger charge is 2.30. The molecule has 2 aromatic rings. The van der Waals surface area contributed by atoms with Crippen LogP contribution in [0.1, 0.15) is 31.2 Å². The van der Waals surface area contributed by atoms with Crippen molar-refractivity contribution in [2.75, 3.05) is 31.1 Å². The maximum absolute atomic E-state index is 11.9. The number of anilines is 1. The third-order valence-corrected chi connectivity index (χ3v) is 5.79. The molecule has 1 fully saturated rings. The van der Waals surface area contributed by atoms with E-state index in [4.69, 9.17) is 0 Å². The second-order valence-corrected chi connectivity index (χ2v) is 7.51. The zero-order valence-corrected chi connectivity index (χ0v) is 15.8. The molecule has 0 radical (unpaired) electrons. The molecule has 0 aliphatic carbocycles. The number of thiophene rings is 1. The van der Waals surface area contributed by atoms with Gasteiger partial charge in [-0.05, 0) is 30.5 Å². The van der Waals surface area contributed by atoms with Gasteiger partial charge in [-0.25, -0.2) is 0 Å². The number of carbonyl (C=O) groups excluding carboxylic acids is 1. The van der Waals surface area contributed by atoms with Gasteiger partial charge < -0.3 is 10.2 Å². The fraction of sp³-hybridized carbons (Fsp3) is 0.450. The fourth-order valence-electron chi connectivity index (χ4n) is 3.53. The van der Waals surface area contributed by atoms with Gasteiger partial charge in [-0.15, -0.1) is 11.3 Å². The van der Waals surface area contributed by atoms with Gasteiger partial charge in [0.05, 0.1) is 6.04 Å². The van der Waals surface area contributed by atoms with Gasteiger partial charge >= 0.3 is 0 Å². The highest BCUT2D eigenvalue weighted by atomic mass is 32.1. The van der Waals surface area contributed by atoms with Crippen molar-refractivity contribution in [1.82, 2.24) is 10.2 Å². The van der Waals surface area contributed by atoms with E-state index in [-0.39, 0.29) is 18.0 Å². The number of hydrogen-bond donors (Lipinski definition) is 1. The third kappa shape index (κ3) is 4.41. The molecular weight excluding hydrogens is 330 g/mol. The Balaban J connectivity index is 1.69. The molecule has 1 amide bonds. The summed E-state index contributed by atoms with van der Waals surface area (Å²) in [6.07, 6.45) is 0.531. The van der Waals surface area contributed by atoms with Crippen LogP contribution in [0.25, 0.3) is 0 Å². The minimum atomic E-state index is 0.106. The molecule has 4 nitrogen and oxygen atoms in total. The van der Waals surface area contributed by atoms with E-state index in [1.165, 1.54) is 10.6 Å². The Labute approximate surface area is 154 Å². The SMILES string of the molecule is CCC(=O)N[C@@H](C)[C@@H](c1cccs1)N1CCN(c2ccccc2)CC1. The topological polar surface area (TPSA) is 35.6 Å². The van der Waals surface area contributed by atoms with Crippen LogP contribution in [0.5, 0.6) is 0 Å². The number of hydrogen-bond acceptors (Lipinski definition) is 4. The molecule has 1 saturated heterocycles. The highest BCUT2D eigenvalue weighted by molar-refractivity contribution is 7.10. The molecule has 134 valence electrons. The van der Waals surface area contributed by atoms with Crippen LogP contribution in [0.3, 0.4) is 0 Å². The maximum atomic E-state index is 11.9. The smallest absolute Gasteiger partial charge is 0.219 e. The van der Waals surface area contributed by atoms with Gasteiger partial charge in [-0.1, -0.05) is 31.2 Å². The lowest BCUT2D eigenvalue weighted by Crippen LogP contribution is -2.52. The minimum absolute atomic E-state index is 0.106. The molecule has 3 rings (SSSR count). The lowest BCUT2D eigenvalue weighted by molar-refractivity contribution is -0.121. The maximum Gasteiger partial charge on any atom is 0.219 e. The van der Waals surface area contributed by atoms with Crippen LogP contribution in [0.2, 0.25) is 0 Å². The fourth-order valence-corrected chi connectivity index (χ4v) is 4.50. The van der Waals surface area contributed by atoms with Crippen LogP contribution < -0.4 is 10.2 Å². The lowest BCUT2D eigenvalue weighted by atomic mass is 10.0. The number of piperazine rings is 1. The Bertz CT molecular complexity index is 651. The highest BCUT2D eigenvalue weighted by Crippen LogP contribution is 2.30. The van der Waals surface area contributed by atoms with Crippen molar-refractivity contribution in [3.8, 4) is 0 Å². The largest absolute Gasteiger partial charge is 0.369 e. The van der Waals surface area contributed by atoms with Crippen LogP contribution in [-0.4, -0.2) is 43.0 Å². The molecule has 1 aromatic carbocycles. The summed E-state index contributed by atoms with van der Waals surface area (Å²) in [6, 6.07) is 15.2. The van der Waals surface area contributed by atoms with Crippen molar-refractivity contribution in [1.29, 1.82) is 0 Å². The Hall–Kier alpha value is -1.85. The molecule has 0 spiro atoms. The number of rotatable bonds is 6. The second kappa shape index (κ2) is 8.50. The van der Waals surface area contributed by atoms with Gasteiger partial charge in [-0.2, -0.15) is 0 Å². The predicted octanol–water partition coefficient (Wildman–Crippen LogP) is 3.53. The minimum Gasteiger partial charge on any atom is -0.369 e. The summed E-state index contributed by atoms with van der Waals surface area (Å²) >= 11 is 1.78. The Morgan fingerprint density at radius 1 is 1.12 bits per heavy atom. The van der Waals surface area contributed by atoms with Crippen molar-refractivity contribution < 1.29 is 4.79 Å². The van der Waals surface area contributed by atoms with Crippen molar-refractivity contribution in [3.05, 3.63) is 52.7 Å². The van der Waals surface area contributed by atoms with Gasteiger partial charge in [0.15, 0.2) is 0 Å². The molecule has 0 unspecified atom stereocenters. The summed E-state index contributed by atoms with van der Waals surface area (Å²) in [5.41, 5.74) is 1.29. The first kappa shape index (κ1) is 18.0. The van der Waals surface area contributed by atoms with Crippen LogP contribution >= 0.6 is 11.3 Å². The molecule has 0 bridgehead atoms. The Kier molecular flexibility index (Phi) is 6.10. The van der Waals surface area contributed by atoms with E-state index in [1.54, 1.807) is 11.3 Å². The van der Waals surface area contributed by atoms with E-state index in [9.17, 15) is 4.79 Å². The van der Waals surface area contributed by atoms with Crippen molar-refractivity contribution >= 4 is 22.9 Å².